The zero-order chi connectivity index (χ0) is 18.3. The van der Waals surface area contributed by atoms with Crippen LogP contribution in [-0.2, 0) is 6.54 Å². The molecule has 4 nitrogen and oxygen atoms in total. The minimum atomic E-state index is -0.132. The highest BCUT2D eigenvalue weighted by Gasteiger charge is 2.28. The van der Waals surface area contributed by atoms with Crippen molar-refractivity contribution in [1.82, 2.24) is 9.47 Å². The number of carbonyl (C=O) groups excluding carboxylic acids is 1. The van der Waals surface area contributed by atoms with Gasteiger partial charge in [-0.3, -0.25) is 0 Å². The van der Waals surface area contributed by atoms with Crippen molar-refractivity contribution in [2.45, 2.75) is 26.4 Å². The molecule has 1 aliphatic rings. The number of anilines is 1. The second-order valence-electron chi connectivity index (χ2n) is 6.58. The number of hydrogen-bond donors (Lipinski definition) is 1. The summed E-state index contributed by atoms with van der Waals surface area (Å²) in [5.41, 5.74) is 4.94. The molecule has 26 heavy (non-hydrogen) atoms. The Morgan fingerprint density at radius 3 is 2.77 bits per heavy atom. The van der Waals surface area contributed by atoms with Crippen molar-refractivity contribution in [1.29, 1.82) is 0 Å². The zero-order valence-electron chi connectivity index (χ0n) is 14.7. The van der Waals surface area contributed by atoms with Gasteiger partial charge in [0, 0.05) is 22.6 Å². The van der Waals surface area contributed by atoms with Crippen LogP contribution in [0.3, 0.4) is 0 Å². The van der Waals surface area contributed by atoms with Gasteiger partial charge in [-0.1, -0.05) is 35.9 Å². The quantitative estimate of drug-likeness (QED) is 0.603. The average molecular weight is 366 g/mol. The predicted octanol–water partition coefficient (Wildman–Crippen LogP) is 5.55. The first-order chi connectivity index (χ1) is 12.6. The maximum absolute atomic E-state index is 13.1. The van der Waals surface area contributed by atoms with E-state index in [0.29, 0.717) is 11.6 Å². The van der Waals surface area contributed by atoms with Gasteiger partial charge < -0.3 is 14.8 Å². The molecule has 1 aromatic heterocycles. The highest BCUT2D eigenvalue weighted by molar-refractivity contribution is 6.31. The van der Waals surface area contributed by atoms with Crippen LogP contribution < -0.4 is 5.32 Å². The number of benzene rings is 2. The molecule has 0 spiro atoms. The Morgan fingerprint density at radius 1 is 1.12 bits per heavy atom. The largest absolute Gasteiger partial charge is 0.322 e. The second kappa shape index (κ2) is 6.54. The Labute approximate surface area is 158 Å². The molecule has 0 saturated carbocycles. The molecule has 3 aromatic rings. The van der Waals surface area contributed by atoms with E-state index in [2.05, 4.69) is 35.0 Å². The van der Waals surface area contributed by atoms with Crippen molar-refractivity contribution in [2.24, 2.45) is 0 Å². The molecule has 5 heteroatoms. The van der Waals surface area contributed by atoms with Crippen molar-refractivity contribution in [3.63, 3.8) is 0 Å². The van der Waals surface area contributed by atoms with E-state index in [4.69, 9.17) is 11.6 Å². The van der Waals surface area contributed by atoms with E-state index in [1.54, 1.807) is 0 Å². The molecule has 0 saturated heterocycles. The molecule has 132 valence electrons. The summed E-state index contributed by atoms with van der Waals surface area (Å²) in [7, 11) is 0. The lowest BCUT2D eigenvalue weighted by molar-refractivity contribution is 0.189. The molecule has 2 amide bonds. The fraction of sp³-hybridized carbons (Fsp3) is 0.190. The fourth-order valence-electron chi connectivity index (χ4n) is 3.49. The molecule has 0 fully saturated rings. The van der Waals surface area contributed by atoms with Crippen LogP contribution in [0.1, 0.15) is 29.8 Å². The van der Waals surface area contributed by atoms with Crippen molar-refractivity contribution in [2.75, 3.05) is 5.32 Å². The van der Waals surface area contributed by atoms with Crippen molar-refractivity contribution in [3.05, 3.63) is 82.6 Å². The van der Waals surface area contributed by atoms with Crippen LogP contribution >= 0.6 is 11.6 Å². The van der Waals surface area contributed by atoms with E-state index in [9.17, 15) is 4.79 Å². The molecule has 0 bridgehead atoms. The lowest BCUT2D eigenvalue weighted by Crippen LogP contribution is -2.36. The summed E-state index contributed by atoms with van der Waals surface area (Å²) < 4.78 is 2.16. The molecule has 0 unspecified atom stereocenters. The van der Waals surface area contributed by atoms with Crippen molar-refractivity contribution >= 4 is 23.3 Å². The van der Waals surface area contributed by atoms with Gasteiger partial charge in [0.05, 0.1) is 18.3 Å². The molecule has 0 radical (unpaired) electrons. The molecule has 2 aromatic carbocycles. The summed E-state index contributed by atoms with van der Waals surface area (Å²) in [6.45, 7) is 4.51. The Balaban J connectivity index is 1.71. The van der Waals surface area contributed by atoms with Crippen molar-refractivity contribution in [3.8, 4) is 5.69 Å². The van der Waals surface area contributed by atoms with E-state index in [1.165, 1.54) is 0 Å². The Bertz CT molecular complexity index is 979. The number of halogens is 1. The lowest BCUT2D eigenvalue weighted by Gasteiger charge is -2.28. The summed E-state index contributed by atoms with van der Waals surface area (Å²) >= 11 is 6.19. The van der Waals surface area contributed by atoms with Gasteiger partial charge in [0.2, 0.25) is 0 Å². The third-order valence-electron chi connectivity index (χ3n) is 5.04. The van der Waals surface area contributed by atoms with Crippen molar-refractivity contribution < 1.29 is 4.79 Å². The van der Waals surface area contributed by atoms with Crippen LogP contribution in [0.25, 0.3) is 5.69 Å². The van der Waals surface area contributed by atoms with E-state index >= 15 is 0 Å². The highest BCUT2D eigenvalue weighted by Crippen LogP contribution is 2.32. The molecule has 1 aliphatic heterocycles. The summed E-state index contributed by atoms with van der Waals surface area (Å²) in [5, 5.41) is 3.67. The molecule has 1 atom stereocenters. The maximum Gasteiger partial charge on any atom is 0.322 e. The van der Waals surface area contributed by atoms with Crippen LogP contribution in [0.15, 0.2) is 60.8 Å². The number of nitrogens with one attached hydrogen (secondary N) is 1. The van der Waals surface area contributed by atoms with Gasteiger partial charge in [-0.15, -0.1) is 0 Å². The van der Waals surface area contributed by atoms with Gasteiger partial charge in [0.25, 0.3) is 0 Å². The van der Waals surface area contributed by atoms with E-state index < -0.39 is 0 Å². The molecule has 1 N–H and O–H groups in total. The van der Waals surface area contributed by atoms with E-state index in [-0.39, 0.29) is 12.1 Å². The second-order valence-corrected chi connectivity index (χ2v) is 6.99. The molecular formula is C21H20ClN3O. The smallest absolute Gasteiger partial charge is 0.318 e. The normalized spacial score (nSPS) is 15.8. The van der Waals surface area contributed by atoms with Gasteiger partial charge in [0.1, 0.15) is 0 Å². The number of nitrogens with zero attached hydrogens (tertiary/aromatic N) is 2. The van der Waals surface area contributed by atoms with E-state index in [0.717, 1.165) is 28.2 Å². The summed E-state index contributed by atoms with van der Waals surface area (Å²) in [5.74, 6) is 0. The van der Waals surface area contributed by atoms with Crippen LogP contribution in [0.4, 0.5) is 10.5 Å². The van der Waals surface area contributed by atoms with Gasteiger partial charge >= 0.3 is 6.03 Å². The first-order valence-electron chi connectivity index (χ1n) is 8.64. The predicted molar refractivity (Wildman–Crippen MR) is 105 cm³/mol. The SMILES string of the molecule is Cc1c(Cl)cccc1NC(=O)N1Cc2ccccc2-n2cccc2[C@@H]1C. The standard InChI is InChI=1S/C21H20ClN3O/c1-14-17(22)8-5-9-18(14)23-21(26)25-13-16-7-3-4-10-20(16)24-12-6-11-19(24)15(25)2/h3-12,15H,13H2,1-2H3,(H,23,26)/t15-/m0/s1. The summed E-state index contributed by atoms with van der Waals surface area (Å²) in [4.78, 5) is 15.0. The minimum absolute atomic E-state index is 0.0584. The third-order valence-corrected chi connectivity index (χ3v) is 5.45. The van der Waals surface area contributed by atoms with Gasteiger partial charge in [-0.25, -0.2) is 4.79 Å². The number of rotatable bonds is 1. The summed E-state index contributed by atoms with van der Waals surface area (Å²) in [6, 6.07) is 17.6. The Kier molecular flexibility index (Phi) is 4.21. The number of para-hydroxylation sites is 1. The average Bonchev–Trinajstić information content (AvgIpc) is 3.09. The topological polar surface area (TPSA) is 37.3 Å². The molecular weight excluding hydrogens is 346 g/mol. The van der Waals surface area contributed by atoms with Crippen LogP contribution in [0.5, 0.6) is 0 Å². The Morgan fingerprint density at radius 2 is 1.92 bits per heavy atom. The monoisotopic (exact) mass is 365 g/mol. The van der Waals surface area contributed by atoms with E-state index in [1.807, 2.05) is 54.4 Å². The minimum Gasteiger partial charge on any atom is -0.318 e. The number of aromatic nitrogens is 1. The number of amides is 2. The highest BCUT2D eigenvalue weighted by atomic mass is 35.5. The molecule has 2 heterocycles. The van der Waals surface area contributed by atoms with Gasteiger partial charge in [0.15, 0.2) is 0 Å². The molecule has 0 aliphatic carbocycles. The maximum atomic E-state index is 13.1. The summed E-state index contributed by atoms with van der Waals surface area (Å²) in [6.07, 6.45) is 2.05. The lowest BCUT2D eigenvalue weighted by atomic mass is 10.1. The Hall–Kier alpha value is -2.72. The van der Waals surface area contributed by atoms with Gasteiger partial charge in [-0.2, -0.15) is 0 Å². The van der Waals surface area contributed by atoms with Crippen LogP contribution in [0.2, 0.25) is 5.02 Å². The fourth-order valence-corrected chi connectivity index (χ4v) is 3.67. The molecule has 4 rings (SSSR count). The number of hydrogen-bond acceptors (Lipinski definition) is 1. The van der Waals surface area contributed by atoms with Gasteiger partial charge in [-0.05, 0) is 55.3 Å². The first kappa shape index (κ1) is 16.7. The first-order valence-corrected chi connectivity index (χ1v) is 9.02. The van der Waals surface area contributed by atoms with Crippen LogP contribution in [-0.4, -0.2) is 15.5 Å². The third kappa shape index (κ3) is 2.76. The number of fused-ring (bicyclic) bond motifs is 3. The van der Waals surface area contributed by atoms with Crippen LogP contribution in [0, 0.1) is 6.92 Å². The number of urea groups is 1. The zero-order valence-corrected chi connectivity index (χ0v) is 15.5. The number of carbonyl (C=O) groups is 1.